The molecular formula is C13H9N7O3S. The first kappa shape index (κ1) is 14.3. The van der Waals surface area contributed by atoms with Gasteiger partial charge in [-0.25, -0.2) is 0 Å². The van der Waals surface area contributed by atoms with Crippen LogP contribution in [0.1, 0.15) is 21.5 Å². The lowest BCUT2D eigenvalue weighted by Gasteiger charge is -2.19. The maximum Gasteiger partial charge on any atom is 0.270 e. The average molecular weight is 343 g/mol. The molecule has 0 bridgehead atoms. The number of benzene rings is 1. The van der Waals surface area contributed by atoms with Crippen molar-refractivity contribution in [3.8, 4) is 11.6 Å². The van der Waals surface area contributed by atoms with Gasteiger partial charge < -0.3 is 9.72 Å². The quantitative estimate of drug-likeness (QED) is 0.396. The van der Waals surface area contributed by atoms with Gasteiger partial charge in [0.15, 0.2) is 4.77 Å². The summed E-state index contributed by atoms with van der Waals surface area (Å²) in [7, 11) is 0. The number of amides is 1. The Labute approximate surface area is 138 Å². The Morgan fingerprint density at radius 2 is 2.21 bits per heavy atom. The number of tetrazole rings is 1. The van der Waals surface area contributed by atoms with Crippen molar-refractivity contribution in [1.82, 2.24) is 30.6 Å². The van der Waals surface area contributed by atoms with Gasteiger partial charge in [0.25, 0.3) is 17.4 Å². The number of carbonyl (C=O) groups is 1. The number of hydrogen-bond donors (Lipinski definition) is 4. The van der Waals surface area contributed by atoms with Crippen LogP contribution in [-0.2, 0) is 6.42 Å². The first-order chi connectivity index (χ1) is 11.6. The molecule has 1 aliphatic rings. The third-order valence-corrected chi connectivity index (χ3v) is 3.68. The average Bonchev–Trinajstić information content (AvgIpc) is 3.05. The molecule has 4 N–H and O–H groups in total. The summed E-state index contributed by atoms with van der Waals surface area (Å²) >= 11 is 4.93. The second-order valence-corrected chi connectivity index (χ2v) is 5.42. The minimum atomic E-state index is -0.397. The van der Waals surface area contributed by atoms with E-state index in [9.17, 15) is 9.59 Å². The number of rotatable bonds is 2. The molecule has 0 fully saturated rings. The predicted molar refractivity (Wildman–Crippen MR) is 83.7 cm³/mol. The molecule has 120 valence electrons. The monoisotopic (exact) mass is 343 g/mol. The van der Waals surface area contributed by atoms with Gasteiger partial charge in [-0.05, 0) is 35.6 Å². The van der Waals surface area contributed by atoms with Crippen LogP contribution in [0.2, 0.25) is 0 Å². The van der Waals surface area contributed by atoms with Crippen molar-refractivity contribution in [2.75, 3.05) is 5.32 Å². The first-order valence-electron chi connectivity index (χ1n) is 6.81. The minimum Gasteiger partial charge on any atom is -0.440 e. The van der Waals surface area contributed by atoms with Crippen LogP contribution in [0.4, 0.5) is 5.95 Å². The number of fused-ring (bicyclic) bond motifs is 2. The lowest BCUT2D eigenvalue weighted by molar-refractivity contribution is 0.102. The van der Waals surface area contributed by atoms with E-state index in [-0.39, 0.29) is 16.3 Å². The summed E-state index contributed by atoms with van der Waals surface area (Å²) in [6.07, 6.45) is 0.315. The van der Waals surface area contributed by atoms with E-state index < -0.39 is 5.91 Å². The third kappa shape index (κ3) is 2.46. The van der Waals surface area contributed by atoms with Crippen LogP contribution in [0, 0.1) is 4.77 Å². The molecule has 24 heavy (non-hydrogen) atoms. The van der Waals surface area contributed by atoms with E-state index in [1.807, 2.05) is 0 Å². The Morgan fingerprint density at radius 3 is 3.00 bits per heavy atom. The number of nitrogens with zero attached hydrogens (tertiary/aromatic N) is 3. The van der Waals surface area contributed by atoms with Gasteiger partial charge in [0.05, 0.1) is 5.56 Å². The minimum absolute atomic E-state index is 0.0725. The number of ether oxygens (including phenoxy) is 1. The highest BCUT2D eigenvalue weighted by Crippen LogP contribution is 2.33. The van der Waals surface area contributed by atoms with Crippen LogP contribution in [0.25, 0.3) is 0 Å². The van der Waals surface area contributed by atoms with Crippen molar-refractivity contribution in [3.63, 3.8) is 0 Å². The fourth-order valence-corrected chi connectivity index (χ4v) is 2.57. The fraction of sp³-hybridized carbons (Fsp3) is 0.0769. The molecule has 1 amide bonds. The van der Waals surface area contributed by atoms with Crippen LogP contribution in [0.15, 0.2) is 23.0 Å². The molecule has 3 aromatic rings. The van der Waals surface area contributed by atoms with Crippen molar-refractivity contribution in [2.24, 2.45) is 0 Å². The van der Waals surface area contributed by atoms with E-state index in [0.717, 1.165) is 0 Å². The van der Waals surface area contributed by atoms with Crippen LogP contribution in [-0.4, -0.2) is 36.5 Å². The Bertz CT molecular complexity index is 1050. The van der Waals surface area contributed by atoms with Crippen LogP contribution >= 0.6 is 12.2 Å². The SMILES string of the molecule is O=C(Nc1nn[nH]n1)c1ccc2c(c1)Cc1c([nH]c(=S)[nH]c1=O)O2. The van der Waals surface area contributed by atoms with E-state index in [0.29, 0.717) is 34.7 Å². The molecule has 4 rings (SSSR count). The molecule has 0 saturated carbocycles. The Balaban J connectivity index is 1.66. The summed E-state index contributed by atoms with van der Waals surface area (Å²) < 4.78 is 5.86. The summed E-state index contributed by atoms with van der Waals surface area (Å²) in [5.74, 6) is 0.546. The van der Waals surface area contributed by atoms with Crippen molar-refractivity contribution >= 4 is 24.1 Å². The second-order valence-electron chi connectivity index (χ2n) is 5.01. The van der Waals surface area contributed by atoms with Crippen molar-refractivity contribution < 1.29 is 9.53 Å². The number of hydrogen-bond acceptors (Lipinski definition) is 7. The van der Waals surface area contributed by atoms with E-state index in [4.69, 9.17) is 17.0 Å². The molecule has 2 aromatic heterocycles. The largest absolute Gasteiger partial charge is 0.440 e. The summed E-state index contributed by atoms with van der Waals surface area (Å²) in [6.45, 7) is 0. The number of H-pyrrole nitrogens is 3. The molecule has 0 aliphatic carbocycles. The third-order valence-electron chi connectivity index (χ3n) is 3.47. The van der Waals surface area contributed by atoms with Gasteiger partial charge in [-0.1, -0.05) is 5.10 Å². The van der Waals surface area contributed by atoms with E-state index in [2.05, 4.69) is 35.9 Å². The van der Waals surface area contributed by atoms with E-state index in [1.54, 1.807) is 18.2 Å². The Morgan fingerprint density at radius 1 is 1.33 bits per heavy atom. The number of aromatic amines is 3. The summed E-state index contributed by atoms with van der Waals surface area (Å²) in [4.78, 5) is 29.5. The Hall–Kier alpha value is -3.34. The molecule has 0 radical (unpaired) electrons. The topological polar surface area (TPSA) is 141 Å². The van der Waals surface area contributed by atoms with Crippen LogP contribution in [0.3, 0.4) is 0 Å². The number of carbonyl (C=O) groups excluding carboxylic acids is 1. The molecule has 1 aliphatic heterocycles. The van der Waals surface area contributed by atoms with Crippen LogP contribution in [0.5, 0.6) is 11.6 Å². The van der Waals surface area contributed by atoms with Gasteiger partial charge in [-0.2, -0.15) is 5.21 Å². The van der Waals surface area contributed by atoms with Gasteiger partial charge in [0.1, 0.15) is 5.75 Å². The number of nitrogens with one attached hydrogen (secondary N) is 4. The van der Waals surface area contributed by atoms with E-state index in [1.165, 1.54) is 0 Å². The maximum atomic E-state index is 12.2. The van der Waals surface area contributed by atoms with Gasteiger partial charge in [0.2, 0.25) is 5.88 Å². The van der Waals surface area contributed by atoms with Gasteiger partial charge >= 0.3 is 0 Å². The van der Waals surface area contributed by atoms with Gasteiger partial charge in [0, 0.05) is 17.5 Å². The van der Waals surface area contributed by atoms with Crippen molar-refractivity contribution in [3.05, 3.63) is 50.0 Å². The maximum absolute atomic E-state index is 12.2. The van der Waals surface area contributed by atoms with Crippen molar-refractivity contribution in [2.45, 2.75) is 6.42 Å². The molecule has 0 atom stereocenters. The lowest BCUT2D eigenvalue weighted by atomic mass is 10.0. The smallest absolute Gasteiger partial charge is 0.270 e. The second kappa shape index (κ2) is 5.38. The highest BCUT2D eigenvalue weighted by molar-refractivity contribution is 7.71. The van der Waals surface area contributed by atoms with Crippen LogP contribution < -0.4 is 15.6 Å². The zero-order valence-corrected chi connectivity index (χ0v) is 12.7. The fourth-order valence-electron chi connectivity index (χ4n) is 2.39. The van der Waals surface area contributed by atoms with E-state index >= 15 is 0 Å². The molecule has 10 nitrogen and oxygen atoms in total. The number of anilines is 1. The molecule has 0 saturated heterocycles. The normalized spacial score (nSPS) is 12.0. The standard InChI is InChI=1S/C13H9N7O3S/c21-9(14-12-17-19-20-18-12)5-1-2-8-6(3-5)4-7-10(22)15-13(24)16-11(7)23-8/h1-3H,4H2,(H2,15,16,22,24)(H2,14,17,18,19,20,21). The molecule has 11 heteroatoms. The molecule has 0 spiro atoms. The zero-order chi connectivity index (χ0) is 16.7. The lowest BCUT2D eigenvalue weighted by Crippen LogP contribution is -2.20. The van der Waals surface area contributed by atoms with Gasteiger partial charge in [-0.3, -0.25) is 19.9 Å². The first-order valence-corrected chi connectivity index (χ1v) is 7.22. The summed E-state index contributed by atoms with van der Waals surface area (Å²) in [5, 5.41) is 15.4. The molecular weight excluding hydrogens is 334 g/mol. The zero-order valence-electron chi connectivity index (χ0n) is 11.9. The highest BCUT2D eigenvalue weighted by Gasteiger charge is 2.22. The Kier molecular flexibility index (Phi) is 3.20. The summed E-state index contributed by atoms with van der Waals surface area (Å²) in [6, 6.07) is 4.90. The highest BCUT2D eigenvalue weighted by atomic mass is 32.1. The molecule has 0 unspecified atom stereocenters. The number of aromatic nitrogens is 6. The predicted octanol–water partition coefficient (Wildman–Crippen LogP) is 0.894. The summed E-state index contributed by atoms with van der Waals surface area (Å²) in [5.41, 5.74) is 1.19. The van der Waals surface area contributed by atoms with Crippen molar-refractivity contribution in [1.29, 1.82) is 0 Å². The molecule has 1 aromatic carbocycles. The molecule has 3 heterocycles. The van der Waals surface area contributed by atoms with Gasteiger partial charge in [-0.15, -0.1) is 5.10 Å².